The molecular formula is C24H21N3O5S2. The van der Waals surface area contributed by atoms with Crippen LogP contribution < -0.4 is 9.62 Å². The molecule has 1 amide bonds. The molecule has 0 unspecified atom stereocenters. The number of nitro groups is 1. The molecule has 4 aromatic rings. The molecule has 0 bridgehead atoms. The summed E-state index contributed by atoms with van der Waals surface area (Å²) in [6, 6.07) is 19.3. The predicted octanol–water partition coefficient (Wildman–Crippen LogP) is 5.59. The smallest absolute Gasteiger partial charge is 0.271 e. The van der Waals surface area contributed by atoms with Crippen molar-refractivity contribution in [3.8, 4) is 0 Å². The van der Waals surface area contributed by atoms with Crippen LogP contribution >= 0.6 is 11.3 Å². The van der Waals surface area contributed by atoms with Crippen LogP contribution in [0.4, 0.5) is 17.1 Å². The molecule has 1 aromatic heterocycles. The molecule has 0 saturated carbocycles. The maximum atomic E-state index is 13.2. The Labute approximate surface area is 200 Å². The first kappa shape index (κ1) is 23.4. The third kappa shape index (κ3) is 4.63. The van der Waals surface area contributed by atoms with E-state index in [1.54, 1.807) is 61.5 Å². The number of fused-ring (bicyclic) bond motifs is 1. The molecular weight excluding hydrogens is 474 g/mol. The average molecular weight is 496 g/mol. The van der Waals surface area contributed by atoms with Crippen molar-refractivity contribution < 1.29 is 18.1 Å². The molecule has 0 aliphatic carbocycles. The van der Waals surface area contributed by atoms with Crippen LogP contribution in [0, 0.1) is 17.0 Å². The molecule has 1 N–H and O–H groups in total. The second-order valence-electron chi connectivity index (χ2n) is 7.58. The summed E-state index contributed by atoms with van der Waals surface area (Å²) in [5.41, 5.74) is 1.67. The van der Waals surface area contributed by atoms with Crippen LogP contribution in [0.2, 0.25) is 0 Å². The minimum absolute atomic E-state index is 0.117. The third-order valence-corrected chi connectivity index (χ3v) is 8.25. The number of nitrogens with zero attached hydrogens (tertiary/aromatic N) is 2. The van der Waals surface area contributed by atoms with E-state index in [-0.39, 0.29) is 17.1 Å². The minimum Gasteiger partial charge on any atom is -0.321 e. The largest absolute Gasteiger partial charge is 0.321 e. The number of nitrogens with one attached hydrogen (secondary N) is 1. The topological polar surface area (TPSA) is 110 Å². The fraction of sp³-hybridized carbons (Fsp3) is 0.125. The summed E-state index contributed by atoms with van der Waals surface area (Å²) in [6.07, 6.45) is 0. The van der Waals surface area contributed by atoms with Crippen molar-refractivity contribution in [3.05, 3.63) is 93.4 Å². The molecule has 0 aliphatic heterocycles. The molecule has 0 aliphatic rings. The number of benzene rings is 3. The SMILES string of the molecule is CCN(c1ccc2sc(C(=O)Nc3cccc([N+](=O)[O-])c3)cc2c1)S(=O)(=O)c1ccc(C)cc1. The lowest BCUT2D eigenvalue weighted by atomic mass is 10.2. The van der Waals surface area contributed by atoms with Gasteiger partial charge in [0.15, 0.2) is 0 Å². The number of carbonyl (C=O) groups is 1. The highest BCUT2D eigenvalue weighted by atomic mass is 32.2. The normalized spacial score (nSPS) is 11.4. The summed E-state index contributed by atoms with van der Waals surface area (Å²) in [5.74, 6) is -0.400. The number of thiophene rings is 1. The number of sulfonamides is 1. The summed E-state index contributed by atoms with van der Waals surface area (Å²) in [7, 11) is -3.75. The number of rotatable bonds is 7. The van der Waals surface area contributed by atoms with E-state index in [1.807, 2.05) is 6.92 Å². The van der Waals surface area contributed by atoms with Crippen LogP contribution in [0.5, 0.6) is 0 Å². The van der Waals surface area contributed by atoms with E-state index in [0.717, 1.165) is 15.6 Å². The number of hydrogen-bond donors (Lipinski definition) is 1. The number of carbonyl (C=O) groups excluding carboxylic acids is 1. The molecule has 0 fully saturated rings. The quantitative estimate of drug-likeness (QED) is 0.266. The third-order valence-electron chi connectivity index (χ3n) is 5.22. The van der Waals surface area contributed by atoms with E-state index < -0.39 is 20.9 Å². The van der Waals surface area contributed by atoms with Crippen molar-refractivity contribution in [2.45, 2.75) is 18.7 Å². The summed E-state index contributed by atoms with van der Waals surface area (Å²) in [5, 5.41) is 14.4. The van der Waals surface area contributed by atoms with Crippen molar-refractivity contribution >= 4 is 54.4 Å². The van der Waals surface area contributed by atoms with E-state index >= 15 is 0 Å². The van der Waals surface area contributed by atoms with Gasteiger partial charge in [-0.25, -0.2) is 8.42 Å². The van der Waals surface area contributed by atoms with Gasteiger partial charge in [0.25, 0.3) is 21.6 Å². The van der Waals surface area contributed by atoms with E-state index in [1.165, 1.54) is 33.8 Å². The van der Waals surface area contributed by atoms with Crippen molar-refractivity contribution in [3.63, 3.8) is 0 Å². The van der Waals surface area contributed by atoms with Crippen LogP contribution in [0.25, 0.3) is 10.1 Å². The van der Waals surface area contributed by atoms with Gasteiger partial charge >= 0.3 is 0 Å². The van der Waals surface area contributed by atoms with E-state index in [2.05, 4.69) is 5.32 Å². The van der Waals surface area contributed by atoms with E-state index in [4.69, 9.17) is 0 Å². The number of aryl methyl sites for hydroxylation is 1. The Kier molecular flexibility index (Phi) is 6.36. The second kappa shape index (κ2) is 9.24. The van der Waals surface area contributed by atoms with Crippen LogP contribution in [0.1, 0.15) is 22.2 Å². The standard InChI is InChI=1S/C24H21N3O5S2/c1-3-26(34(31,32)21-10-7-16(2)8-11-21)19-9-12-22-17(13-19)14-23(33-22)24(28)25-18-5-4-6-20(15-18)27(29)30/h4-15H,3H2,1-2H3,(H,25,28). The summed E-state index contributed by atoms with van der Waals surface area (Å²) >= 11 is 1.25. The van der Waals surface area contributed by atoms with Gasteiger partial charge < -0.3 is 5.32 Å². The van der Waals surface area contributed by atoms with E-state index in [9.17, 15) is 23.3 Å². The lowest BCUT2D eigenvalue weighted by Gasteiger charge is -2.23. The number of non-ortho nitro benzene ring substituents is 1. The predicted molar refractivity (Wildman–Crippen MR) is 134 cm³/mol. The van der Waals surface area contributed by atoms with Gasteiger partial charge in [0, 0.05) is 29.1 Å². The molecule has 4 rings (SSSR count). The molecule has 1 heterocycles. The Morgan fingerprint density at radius 2 is 1.79 bits per heavy atom. The lowest BCUT2D eigenvalue weighted by Crippen LogP contribution is -2.30. The fourth-order valence-corrected chi connectivity index (χ4v) is 5.92. The molecule has 8 nitrogen and oxygen atoms in total. The van der Waals surface area contributed by atoms with Gasteiger partial charge in [0.1, 0.15) is 0 Å². The van der Waals surface area contributed by atoms with Crippen molar-refractivity contribution in [2.24, 2.45) is 0 Å². The maximum Gasteiger partial charge on any atom is 0.271 e. The Balaban J connectivity index is 1.62. The van der Waals surface area contributed by atoms with Gasteiger partial charge in [-0.05, 0) is 61.7 Å². The Hall–Kier alpha value is -3.76. The first-order valence-electron chi connectivity index (χ1n) is 10.4. The zero-order valence-corrected chi connectivity index (χ0v) is 20.0. The van der Waals surface area contributed by atoms with Gasteiger partial charge in [-0.3, -0.25) is 19.2 Å². The molecule has 174 valence electrons. The van der Waals surface area contributed by atoms with Gasteiger partial charge in [0.2, 0.25) is 0 Å². The van der Waals surface area contributed by atoms with E-state index in [0.29, 0.717) is 16.3 Å². The molecule has 0 saturated heterocycles. The molecule has 3 aromatic carbocycles. The number of amides is 1. The van der Waals surface area contributed by atoms with Crippen molar-refractivity contribution in [1.29, 1.82) is 0 Å². The Morgan fingerprint density at radius 1 is 1.06 bits per heavy atom. The first-order chi connectivity index (χ1) is 16.2. The highest BCUT2D eigenvalue weighted by molar-refractivity contribution is 7.92. The van der Waals surface area contributed by atoms with Crippen LogP contribution in [-0.2, 0) is 10.0 Å². The summed E-state index contributed by atoms with van der Waals surface area (Å²) in [4.78, 5) is 23.8. The second-order valence-corrected chi connectivity index (χ2v) is 10.5. The zero-order valence-electron chi connectivity index (χ0n) is 18.4. The van der Waals surface area contributed by atoms with Gasteiger partial charge in [-0.2, -0.15) is 0 Å². The highest BCUT2D eigenvalue weighted by Gasteiger charge is 2.24. The zero-order chi connectivity index (χ0) is 24.5. The average Bonchev–Trinajstić information content (AvgIpc) is 3.23. The van der Waals surface area contributed by atoms with Gasteiger partial charge in [-0.1, -0.05) is 23.8 Å². The highest BCUT2D eigenvalue weighted by Crippen LogP contribution is 2.32. The number of hydrogen-bond acceptors (Lipinski definition) is 6. The molecule has 10 heteroatoms. The molecule has 0 atom stereocenters. The fourth-order valence-electron chi connectivity index (χ4n) is 3.52. The van der Waals surface area contributed by atoms with Gasteiger partial charge in [0.05, 0.1) is 20.4 Å². The first-order valence-corrected chi connectivity index (χ1v) is 12.6. The minimum atomic E-state index is -3.75. The monoisotopic (exact) mass is 495 g/mol. The molecule has 0 spiro atoms. The maximum absolute atomic E-state index is 13.2. The van der Waals surface area contributed by atoms with Crippen LogP contribution in [0.3, 0.4) is 0 Å². The Morgan fingerprint density at radius 3 is 2.47 bits per heavy atom. The summed E-state index contributed by atoms with van der Waals surface area (Å²) in [6.45, 7) is 3.90. The molecule has 0 radical (unpaired) electrons. The number of nitro benzene ring substituents is 1. The summed E-state index contributed by atoms with van der Waals surface area (Å²) < 4.78 is 28.6. The number of anilines is 2. The molecule has 34 heavy (non-hydrogen) atoms. The van der Waals surface area contributed by atoms with Crippen molar-refractivity contribution in [1.82, 2.24) is 0 Å². The van der Waals surface area contributed by atoms with Crippen LogP contribution in [-0.4, -0.2) is 25.8 Å². The Bertz CT molecular complexity index is 1490. The van der Waals surface area contributed by atoms with Crippen LogP contribution in [0.15, 0.2) is 77.7 Å². The van der Waals surface area contributed by atoms with Gasteiger partial charge in [-0.15, -0.1) is 11.3 Å². The van der Waals surface area contributed by atoms with Crippen molar-refractivity contribution in [2.75, 3.05) is 16.2 Å². The lowest BCUT2D eigenvalue weighted by molar-refractivity contribution is -0.384.